The minimum absolute atomic E-state index is 0.120. The van der Waals surface area contributed by atoms with Crippen LogP contribution in [0.2, 0.25) is 0 Å². The summed E-state index contributed by atoms with van der Waals surface area (Å²) in [6.45, 7) is 4.44. The van der Waals surface area contributed by atoms with Crippen LogP contribution < -0.4 is 5.32 Å². The number of amides is 1. The molecule has 0 radical (unpaired) electrons. The van der Waals surface area contributed by atoms with Gasteiger partial charge in [-0.15, -0.1) is 0 Å². The Hall–Kier alpha value is -1.95. The van der Waals surface area contributed by atoms with Gasteiger partial charge in [-0.3, -0.25) is 9.69 Å². The molecule has 0 saturated heterocycles. The molecule has 0 unspecified atom stereocenters. The van der Waals surface area contributed by atoms with E-state index in [0.717, 1.165) is 13.1 Å². The molecule has 108 valence electrons. The highest BCUT2D eigenvalue weighted by atomic mass is 16.4. The van der Waals surface area contributed by atoms with E-state index in [1.54, 1.807) is 0 Å². The van der Waals surface area contributed by atoms with Crippen LogP contribution in [0.5, 0.6) is 0 Å². The number of likely N-dealkylation sites (N-methyl/N-ethyl adjacent to an activating group) is 1. The van der Waals surface area contributed by atoms with E-state index in [1.807, 2.05) is 0 Å². The molecule has 0 aromatic carbocycles. The van der Waals surface area contributed by atoms with Crippen molar-refractivity contribution >= 4 is 11.9 Å². The fourth-order valence-electron chi connectivity index (χ4n) is 2.12. The first-order valence-electron chi connectivity index (χ1n) is 6.84. The monoisotopic (exact) mass is 277 g/mol. The van der Waals surface area contributed by atoms with E-state index in [-0.39, 0.29) is 17.3 Å². The van der Waals surface area contributed by atoms with Crippen molar-refractivity contribution in [2.45, 2.75) is 25.8 Å². The van der Waals surface area contributed by atoms with Crippen LogP contribution in [-0.4, -0.2) is 52.5 Å². The number of pyridine rings is 1. The lowest BCUT2D eigenvalue weighted by Crippen LogP contribution is -2.36. The van der Waals surface area contributed by atoms with Crippen molar-refractivity contribution in [2.75, 3.05) is 19.6 Å². The molecule has 1 heterocycles. The fourth-order valence-corrected chi connectivity index (χ4v) is 2.12. The topological polar surface area (TPSA) is 82.5 Å². The lowest BCUT2D eigenvalue weighted by Gasteiger charge is -2.19. The van der Waals surface area contributed by atoms with Gasteiger partial charge in [0.15, 0.2) is 0 Å². The molecule has 20 heavy (non-hydrogen) atoms. The van der Waals surface area contributed by atoms with Gasteiger partial charge in [-0.1, -0.05) is 13.0 Å². The third-order valence-electron chi connectivity index (χ3n) is 3.35. The second-order valence-electron chi connectivity index (χ2n) is 4.83. The lowest BCUT2D eigenvalue weighted by molar-refractivity contribution is 0.0690. The molecule has 1 fully saturated rings. The van der Waals surface area contributed by atoms with E-state index in [4.69, 9.17) is 5.11 Å². The second kappa shape index (κ2) is 6.47. The number of carboxylic acid groups (broad SMARTS) is 1. The standard InChI is InChI=1S/C14H19N3O3/c1-2-17(10-6-7-10)9-8-15-13(18)11-4-3-5-12(16-11)14(19)20/h3-5,10H,2,6-9H2,1H3,(H,15,18)(H,19,20). The van der Waals surface area contributed by atoms with Crippen molar-refractivity contribution in [1.29, 1.82) is 0 Å². The summed E-state index contributed by atoms with van der Waals surface area (Å²) in [4.78, 5) is 28.8. The van der Waals surface area contributed by atoms with E-state index in [0.29, 0.717) is 12.6 Å². The Bertz CT molecular complexity index is 500. The normalized spacial score (nSPS) is 14.3. The minimum Gasteiger partial charge on any atom is -0.477 e. The molecule has 1 amide bonds. The van der Waals surface area contributed by atoms with E-state index in [9.17, 15) is 9.59 Å². The van der Waals surface area contributed by atoms with Crippen molar-refractivity contribution in [3.8, 4) is 0 Å². The Morgan fingerprint density at radius 1 is 1.40 bits per heavy atom. The Labute approximate surface area is 117 Å². The Balaban J connectivity index is 1.85. The number of nitrogens with zero attached hydrogens (tertiary/aromatic N) is 2. The number of carboxylic acids is 1. The van der Waals surface area contributed by atoms with Crippen molar-refractivity contribution < 1.29 is 14.7 Å². The zero-order chi connectivity index (χ0) is 14.5. The molecule has 0 atom stereocenters. The molecule has 6 heteroatoms. The van der Waals surface area contributed by atoms with Gasteiger partial charge in [0.25, 0.3) is 5.91 Å². The zero-order valence-corrected chi connectivity index (χ0v) is 11.5. The molecule has 2 rings (SSSR count). The summed E-state index contributed by atoms with van der Waals surface area (Å²) in [6.07, 6.45) is 2.48. The molecule has 1 aliphatic rings. The van der Waals surface area contributed by atoms with E-state index in [2.05, 4.69) is 22.1 Å². The number of carbonyl (C=O) groups is 2. The van der Waals surface area contributed by atoms with Gasteiger partial charge in [0, 0.05) is 19.1 Å². The van der Waals surface area contributed by atoms with Gasteiger partial charge in [-0.05, 0) is 31.5 Å². The first-order valence-corrected chi connectivity index (χ1v) is 6.84. The van der Waals surface area contributed by atoms with Gasteiger partial charge < -0.3 is 10.4 Å². The molecule has 6 nitrogen and oxygen atoms in total. The number of hydrogen-bond donors (Lipinski definition) is 2. The maximum atomic E-state index is 11.9. The maximum absolute atomic E-state index is 11.9. The van der Waals surface area contributed by atoms with Crippen molar-refractivity contribution in [3.05, 3.63) is 29.6 Å². The summed E-state index contributed by atoms with van der Waals surface area (Å²) < 4.78 is 0. The molecular weight excluding hydrogens is 258 g/mol. The van der Waals surface area contributed by atoms with Crippen molar-refractivity contribution in [2.24, 2.45) is 0 Å². The van der Waals surface area contributed by atoms with Crippen LogP contribution in [0.15, 0.2) is 18.2 Å². The molecular formula is C14H19N3O3. The van der Waals surface area contributed by atoms with E-state index >= 15 is 0 Å². The van der Waals surface area contributed by atoms with Crippen molar-refractivity contribution in [1.82, 2.24) is 15.2 Å². The number of hydrogen-bond acceptors (Lipinski definition) is 4. The fraction of sp³-hybridized carbons (Fsp3) is 0.500. The van der Waals surface area contributed by atoms with E-state index < -0.39 is 5.97 Å². The Morgan fingerprint density at radius 2 is 2.10 bits per heavy atom. The van der Waals surface area contributed by atoms with Crippen LogP contribution in [0.1, 0.15) is 40.7 Å². The summed E-state index contributed by atoms with van der Waals surface area (Å²) in [5, 5.41) is 11.6. The van der Waals surface area contributed by atoms with Gasteiger partial charge in [0.05, 0.1) is 0 Å². The van der Waals surface area contributed by atoms with Gasteiger partial charge >= 0.3 is 5.97 Å². The largest absolute Gasteiger partial charge is 0.477 e. The predicted molar refractivity (Wildman–Crippen MR) is 73.8 cm³/mol. The minimum atomic E-state index is -1.13. The number of aromatic carboxylic acids is 1. The Kier molecular flexibility index (Phi) is 4.68. The van der Waals surface area contributed by atoms with Crippen LogP contribution >= 0.6 is 0 Å². The summed E-state index contributed by atoms with van der Waals surface area (Å²) in [5.74, 6) is -1.47. The SMILES string of the molecule is CCN(CCNC(=O)c1cccc(C(=O)O)n1)C1CC1. The second-order valence-corrected chi connectivity index (χ2v) is 4.83. The third-order valence-corrected chi connectivity index (χ3v) is 3.35. The summed E-state index contributed by atoms with van der Waals surface area (Å²) in [5.41, 5.74) is 0.0187. The van der Waals surface area contributed by atoms with Crippen LogP contribution in [0.3, 0.4) is 0 Å². The smallest absolute Gasteiger partial charge is 0.354 e. The first-order chi connectivity index (χ1) is 9.61. The zero-order valence-electron chi connectivity index (χ0n) is 11.5. The van der Waals surface area contributed by atoms with Gasteiger partial charge in [-0.2, -0.15) is 0 Å². The molecule has 1 saturated carbocycles. The molecule has 0 aliphatic heterocycles. The van der Waals surface area contributed by atoms with E-state index in [1.165, 1.54) is 31.0 Å². The predicted octanol–water partition coefficient (Wildman–Crippen LogP) is 0.994. The number of carbonyl (C=O) groups excluding carboxylic acids is 1. The van der Waals surface area contributed by atoms with Gasteiger partial charge in [0.1, 0.15) is 11.4 Å². The summed E-state index contributed by atoms with van der Waals surface area (Å²) in [6, 6.07) is 5.07. The Morgan fingerprint density at radius 3 is 2.70 bits per heavy atom. The van der Waals surface area contributed by atoms with Crippen LogP contribution in [0.4, 0.5) is 0 Å². The number of rotatable bonds is 7. The average molecular weight is 277 g/mol. The average Bonchev–Trinajstić information content (AvgIpc) is 3.28. The summed E-state index contributed by atoms with van der Waals surface area (Å²) >= 11 is 0. The van der Waals surface area contributed by atoms with Crippen LogP contribution in [-0.2, 0) is 0 Å². The van der Waals surface area contributed by atoms with Crippen molar-refractivity contribution in [3.63, 3.8) is 0 Å². The summed E-state index contributed by atoms with van der Waals surface area (Å²) in [7, 11) is 0. The molecule has 0 bridgehead atoms. The molecule has 1 aromatic heterocycles. The highest BCUT2D eigenvalue weighted by molar-refractivity contribution is 5.94. The maximum Gasteiger partial charge on any atom is 0.354 e. The lowest BCUT2D eigenvalue weighted by atomic mass is 10.3. The molecule has 1 aliphatic carbocycles. The highest BCUT2D eigenvalue weighted by Crippen LogP contribution is 2.25. The molecule has 2 N–H and O–H groups in total. The number of aromatic nitrogens is 1. The van der Waals surface area contributed by atoms with Gasteiger partial charge in [0.2, 0.25) is 0 Å². The quantitative estimate of drug-likeness (QED) is 0.776. The van der Waals surface area contributed by atoms with Gasteiger partial charge in [-0.25, -0.2) is 9.78 Å². The van der Waals surface area contributed by atoms with Crippen LogP contribution in [0, 0.1) is 0 Å². The number of nitrogens with one attached hydrogen (secondary N) is 1. The molecule has 0 spiro atoms. The molecule has 1 aromatic rings. The first kappa shape index (κ1) is 14.5. The highest BCUT2D eigenvalue weighted by Gasteiger charge is 2.27. The third kappa shape index (κ3) is 3.77. The van der Waals surface area contributed by atoms with Crippen LogP contribution in [0.25, 0.3) is 0 Å².